The van der Waals surface area contributed by atoms with Gasteiger partial charge in [-0.1, -0.05) is 0 Å². The highest BCUT2D eigenvalue weighted by Gasteiger charge is 2.29. The van der Waals surface area contributed by atoms with Crippen LogP contribution in [0.25, 0.3) is 0 Å². The third-order valence-corrected chi connectivity index (χ3v) is 6.71. The van der Waals surface area contributed by atoms with Gasteiger partial charge in [0.2, 0.25) is 10.0 Å². The van der Waals surface area contributed by atoms with Crippen LogP contribution in [0.3, 0.4) is 0 Å². The van der Waals surface area contributed by atoms with Crippen LogP contribution in [0.4, 0.5) is 5.69 Å². The molecule has 178 valence electrons. The number of sulfonamides is 1. The van der Waals surface area contributed by atoms with E-state index < -0.39 is 28.5 Å². The van der Waals surface area contributed by atoms with Crippen LogP contribution in [0.5, 0.6) is 17.2 Å². The van der Waals surface area contributed by atoms with Crippen molar-refractivity contribution in [3.05, 3.63) is 42.0 Å². The predicted molar refractivity (Wildman–Crippen MR) is 116 cm³/mol. The summed E-state index contributed by atoms with van der Waals surface area (Å²) in [6.45, 7) is 0.315. The number of benzene rings is 2. The Balaban J connectivity index is 1.70. The molecule has 0 aliphatic carbocycles. The Kier molecular flexibility index (Phi) is 7.74. The number of aromatic hydroxyl groups is 1. The fraction of sp³-hybridized carbons (Fsp3) is 0.333. The van der Waals surface area contributed by atoms with E-state index in [9.17, 15) is 23.1 Å². The number of amides is 1. The van der Waals surface area contributed by atoms with E-state index in [-0.39, 0.29) is 53.9 Å². The maximum absolute atomic E-state index is 13.0. The van der Waals surface area contributed by atoms with Gasteiger partial charge in [0, 0.05) is 18.8 Å². The Bertz CT molecular complexity index is 1130. The minimum atomic E-state index is -3.88. The van der Waals surface area contributed by atoms with Gasteiger partial charge in [0.05, 0.1) is 27.4 Å². The van der Waals surface area contributed by atoms with Gasteiger partial charge in [0.25, 0.3) is 5.91 Å². The number of morpholine rings is 1. The highest BCUT2D eigenvalue weighted by atomic mass is 32.2. The maximum Gasteiger partial charge on any atom is 0.342 e. The summed E-state index contributed by atoms with van der Waals surface area (Å²) in [7, 11) is -1.14. The van der Waals surface area contributed by atoms with E-state index in [0.717, 1.165) is 0 Å². The van der Waals surface area contributed by atoms with Crippen LogP contribution in [-0.4, -0.2) is 76.8 Å². The van der Waals surface area contributed by atoms with Crippen molar-refractivity contribution in [3.8, 4) is 17.2 Å². The zero-order valence-electron chi connectivity index (χ0n) is 18.1. The molecular weight excluding hydrogens is 456 g/mol. The van der Waals surface area contributed by atoms with E-state index in [1.165, 1.54) is 54.9 Å². The van der Waals surface area contributed by atoms with E-state index in [4.69, 9.17) is 18.9 Å². The number of rotatable bonds is 8. The van der Waals surface area contributed by atoms with Crippen molar-refractivity contribution in [1.29, 1.82) is 0 Å². The largest absolute Gasteiger partial charge is 0.507 e. The Morgan fingerprint density at radius 3 is 2.48 bits per heavy atom. The second-order valence-corrected chi connectivity index (χ2v) is 8.80. The van der Waals surface area contributed by atoms with Crippen molar-refractivity contribution in [3.63, 3.8) is 0 Å². The molecule has 33 heavy (non-hydrogen) atoms. The van der Waals surface area contributed by atoms with Gasteiger partial charge >= 0.3 is 5.97 Å². The number of esters is 1. The number of phenolic OH excluding ortho intramolecular Hbond substituents is 1. The lowest BCUT2D eigenvalue weighted by Crippen LogP contribution is -2.40. The summed E-state index contributed by atoms with van der Waals surface area (Å²) in [5, 5.41) is 12.3. The number of nitrogens with zero attached hydrogens (tertiary/aromatic N) is 1. The molecule has 1 aliphatic rings. The van der Waals surface area contributed by atoms with Gasteiger partial charge in [0.15, 0.2) is 6.61 Å². The second kappa shape index (κ2) is 10.5. The minimum absolute atomic E-state index is 0.108. The lowest BCUT2D eigenvalue weighted by molar-refractivity contribution is -0.119. The van der Waals surface area contributed by atoms with Gasteiger partial charge in [-0.3, -0.25) is 4.79 Å². The van der Waals surface area contributed by atoms with Gasteiger partial charge < -0.3 is 29.4 Å². The van der Waals surface area contributed by atoms with Crippen molar-refractivity contribution in [1.82, 2.24) is 4.31 Å². The fourth-order valence-corrected chi connectivity index (χ4v) is 4.68. The first kappa shape index (κ1) is 24.3. The van der Waals surface area contributed by atoms with Crippen LogP contribution in [0.2, 0.25) is 0 Å². The van der Waals surface area contributed by atoms with E-state index in [0.29, 0.717) is 5.75 Å². The third-order valence-electron chi connectivity index (χ3n) is 4.79. The lowest BCUT2D eigenvalue weighted by Gasteiger charge is -2.26. The van der Waals surface area contributed by atoms with Crippen molar-refractivity contribution < 1.29 is 42.1 Å². The Morgan fingerprint density at radius 1 is 1.09 bits per heavy atom. The Hall–Kier alpha value is -3.35. The molecule has 2 N–H and O–H groups in total. The lowest BCUT2D eigenvalue weighted by atomic mass is 10.2. The molecule has 1 fully saturated rings. The summed E-state index contributed by atoms with van der Waals surface area (Å²) >= 11 is 0. The molecule has 3 rings (SSSR count). The van der Waals surface area contributed by atoms with Gasteiger partial charge in [0.1, 0.15) is 27.7 Å². The molecule has 1 heterocycles. The first-order valence-electron chi connectivity index (χ1n) is 9.86. The molecule has 0 atom stereocenters. The van der Waals surface area contributed by atoms with E-state index in [1.54, 1.807) is 0 Å². The van der Waals surface area contributed by atoms with E-state index in [2.05, 4.69) is 5.32 Å². The van der Waals surface area contributed by atoms with Crippen LogP contribution in [-0.2, 0) is 24.3 Å². The SMILES string of the molecule is COc1ccc(O)c(C(=O)OCC(=O)Nc2ccc(OC)c(S(=O)(=O)N3CCOCC3)c2)c1. The number of hydrogen-bond acceptors (Lipinski definition) is 9. The van der Waals surface area contributed by atoms with Crippen LogP contribution < -0.4 is 14.8 Å². The molecule has 2 aromatic carbocycles. The van der Waals surface area contributed by atoms with Crippen molar-refractivity contribution in [2.24, 2.45) is 0 Å². The van der Waals surface area contributed by atoms with Crippen molar-refractivity contribution in [2.75, 3.05) is 52.4 Å². The fourth-order valence-electron chi connectivity index (χ4n) is 3.09. The molecule has 1 saturated heterocycles. The van der Waals surface area contributed by atoms with Crippen LogP contribution in [0.1, 0.15) is 10.4 Å². The normalized spacial score (nSPS) is 14.4. The number of nitrogens with one attached hydrogen (secondary N) is 1. The predicted octanol–water partition coefficient (Wildman–Crippen LogP) is 1.23. The monoisotopic (exact) mass is 480 g/mol. The average molecular weight is 480 g/mol. The highest BCUT2D eigenvalue weighted by Crippen LogP contribution is 2.30. The zero-order valence-corrected chi connectivity index (χ0v) is 18.9. The van der Waals surface area contributed by atoms with Crippen molar-refractivity contribution in [2.45, 2.75) is 4.90 Å². The summed E-state index contributed by atoms with van der Waals surface area (Å²) in [6, 6.07) is 8.17. The van der Waals surface area contributed by atoms with Gasteiger partial charge in [-0.05, 0) is 36.4 Å². The maximum atomic E-state index is 13.0. The molecule has 1 amide bonds. The molecule has 0 saturated carbocycles. The number of anilines is 1. The molecule has 2 aromatic rings. The van der Waals surface area contributed by atoms with E-state index in [1.807, 2.05) is 0 Å². The summed E-state index contributed by atoms with van der Waals surface area (Å²) in [4.78, 5) is 24.4. The smallest absolute Gasteiger partial charge is 0.342 e. The average Bonchev–Trinajstić information content (AvgIpc) is 2.83. The Labute approximate surface area is 190 Å². The number of ether oxygens (including phenoxy) is 4. The third kappa shape index (κ3) is 5.72. The summed E-state index contributed by atoms with van der Waals surface area (Å²) in [5.74, 6) is -1.50. The zero-order chi connectivity index (χ0) is 24.0. The summed E-state index contributed by atoms with van der Waals surface area (Å²) in [6.07, 6.45) is 0. The number of carbonyl (C=O) groups excluding carboxylic acids is 2. The van der Waals surface area contributed by atoms with Crippen LogP contribution in [0, 0.1) is 0 Å². The molecule has 0 spiro atoms. The first-order valence-corrected chi connectivity index (χ1v) is 11.3. The topological polar surface area (TPSA) is 141 Å². The van der Waals surface area contributed by atoms with Gasteiger partial charge in [-0.2, -0.15) is 4.31 Å². The van der Waals surface area contributed by atoms with Gasteiger partial charge in [-0.15, -0.1) is 0 Å². The molecule has 11 nitrogen and oxygen atoms in total. The van der Waals surface area contributed by atoms with Crippen LogP contribution in [0.15, 0.2) is 41.3 Å². The van der Waals surface area contributed by atoms with Crippen molar-refractivity contribution >= 4 is 27.6 Å². The summed E-state index contributed by atoms with van der Waals surface area (Å²) < 4.78 is 47.7. The molecule has 12 heteroatoms. The summed E-state index contributed by atoms with van der Waals surface area (Å²) in [5.41, 5.74) is 0.0124. The standard InChI is InChI=1S/C21H24N2O9S/c1-29-15-4-5-17(24)16(12-15)21(26)32-13-20(25)22-14-3-6-18(30-2)19(11-14)33(27,28)23-7-9-31-10-8-23/h3-6,11-12,24H,7-10,13H2,1-2H3,(H,22,25). The molecule has 0 bridgehead atoms. The Morgan fingerprint density at radius 2 is 1.82 bits per heavy atom. The molecule has 0 radical (unpaired) electrons. The quantitative estimate of drug-likeness (QED) is 0.534. The number of hydrogen-bond donors (Lipinski definition) is 2. The van der Waals surface area contributed by atoms with Crippen LogP contribution >= 0.6 is 0 Å². The molecular formula is C21H24N2O9S. The highest BCUT2D eigenvalue weighted by molar-refractivity contribution is 7.89. The molecule has 1 aliphatic heterocycles. The minimum Gasteiger partial charge on any atom is -0.507 e. The molecule has 0 unspecified atom stereocenters. The first-order chi connectivity index (χ1) is 15.8. The van der Waals surface area contributed by atoms with E-state index >= 15 is 0 Å². The molecule has 0 aromatic heterocycles. The number of methoxy groups -OCH3 is 2. The number of phenols is 1. The second-order valence-electron chi connectivity index (χ2n) is 6.89. The van der Waals surface area contributed by atoms with Gasteiger partial charge in [-0.25, -0.2) is 13.2 Å². The number of carbonyl (C=O) groups is 2.